The number of nitrogens with one attached hydrogen (secondary N) is 2. The molecule has 2 N–H and O–H groups in total. The van der Waals surface area contributed by atoms with Crippen molar-refractivity contribution in [2.45, 2.75) is 26.1 Å². The number of halogens is 5. The highest BCUT2D eigenvalue weighted by atomic mass is 127. The number of nitrogens with zero attached hydrogens (tertiary/aromatic N) is 1. The lowest BCUT2D eigenvalue weighted by Crippen LogP contribution is -2.38. The number of methoxy groups -OCH3 is 2. The molecule has 0 spiro atoms. The molecule has 0 unspecified atom stereocenters. The van der Waals surface area contributed by atoms with Crippen LogP contribution in [0.15, 0.2) is 21.6 Å². The highest BCUT2D eigenvalue weighted by Gasteiger charge is 2.26. The zero-order valence-corrected chi connectivity index (χ0v) is 18.1. The maximum atomic E-state index is 12.2. The Morgan fingerprint density at radius 1 is 1.16 bits per heavy atom. The van der Waals surface area contributed by atoms with Gasteiger partial charge >= 0.3 is 6.18 Å². The van der Waals surface area contributed by atoms with Crippen molar-refractivity contribution in [3.05, 3.63) is 22.2 Å². The first-order chi connectivity index (χ1) is 11.3. The zero-order chi connectivity index (χ0) is 18.2. The molecule has 5 nitrogen and oxygen atoms in total. The van der Waals surface area contributed by atoms with Gasteiger partial charge in [-0.15, -0.1) is 24.0 Å². The highest BCUT2D eigenvalue weighted by molar-refractivity contribution is 14.0. The van der Waals surface area contributed by atoms with Crippen LogP contribution in [0.2, 0.25) is 0 Å². The first-order valence-corrected chi connectivity index (χ1v) is 8.09. The lowest BCUT2D eigenvalue weighted by atomic mass is 10.2. The Morgan fingerprint density at radius 2 is 1.76 bits per heavy atom. The Labute approximate surface area is 170 Å². The zero-order valence-electron chi connectivity index (χ0n) is 14.2. The number of guanidine groups is 1. The molecule has 0 fully saturated rings. The van der Waals surface area contributed by atoms with Gasteiger partial charge in [-0.05, 0) is 24.6 Å². The van der Waals surface area contributed by atoms with E-state index in [1.807, 2.05) is 6.92 Å². The first kappa shape index (κ1) is 24.1. The Hall–Kier alpha value is -0.910. The Kier molecular flexibility index (Phi) is 11.2. The van der Waals surface area contributed by atoms with Crippen LogP contribution in [0.4, 0.5) is 13.2 Å². The average molecular weight is 540 g/mol. The number of rotatable bonds is 7. The molecule has 1 aromatic carbocycles. The lowest BCUT2D eigenvalue weighted by molar-refractivity contribution is -0.132. The number of benzene rings is 1. The summed E-state index contributed by atoms with van der Waals surface area (Å²) >= 11 is 3.42. The van der Waals surface area contributed by atoms with Gasteiger partial charge in [-0.1, -0.05) is 15.9 Å². The molecule has 0 amide bonds. The smallest absolute Gasteiger partial charge is 0.390 e. The van der Waals surface area contributed by atoms with Gasteiger partial charge in [-0.25, -0.2) is 4.99 Å². The van der Waals surface area contributed by atoms with Crippen LogP contribution in [-0.2, 0) is 6.54 Å². The minimum absolute atomic E-state index is 0. The second-order valence-corrected chi connectivity index (χ2v) is 5.64. The molecule has 0 heterocycles. The molecule has 144 valence electrons. The van der Waals surface area contributed by atoms with Gasteiger partial charge in [-0.3, -0.25) is 0 Å². The van der Waals surface area contributed by atoms with Gasteiger partial charge in [0, 0.05) is 17.6 Å². The van der Waals surface area contributed by atoms with E-state index in [0.29, 0.717) is 24.0 Å². The summed E-state index contributed by atoms with van der Waals surface area (Å²) in [6, 6.07) is 3.53. The molecule has 0 aliphatic carbocycles. The Morgan fingerprint density at radius 3 is 2.28 bits per heavy atom. The molecule has 25 heavy (non-hydrogen) atoms. The number of ether oxygens (including phenoxy) is 2. The monoisotopic (exact) mass is 539 g/mol. The molecular formula is C15H22BrF3IN3O2. The minimum Gasteiger partial charge on any atom is -0.493 e. The maximum absolute atomic E-state index is 12.2. The van der Waals surface area contributed by atoms with Gasteiger partial charge in [0.05, 0.1) is 27.2 Å². The van der Waals surface area contributed by atoms with Gasteiger partial charge in [0.1, 0.15) is 0 Å². The average Bonchev–Trinajstić information content (AvgIpc) is 2.51. The van der Waals surface area contributed by atoms with E-state index in [9.17, 15) is 13.2 Å². The molecule has 0 radical (unpaired) electrons. The second-order valence-electron chi connectivity index (χ2n) is 4.79. The highest BCUT2D eigenvalue weighted by Crippen LogP contribution is 2.33. The number of hydrogen-bond donors (Lipinski definition) is 2. The summed E-state index contributed by atoms with van der Waals surface area (Å²) in [4.78, 5) is 4.30. The van der Waals surface area contributed by atoms with Crippen molar-refractivity contribution in [3.63, 3.8) is 0 Å². The van der Waals surface area contributed by atoms with Gasteiger partial charge in [-0.2, -0.15) is 13.2 Å². The molecule has 0 bridgehead atoms. The van der Waals surface area contributed by atoms with Crippen LogP contribution in [0.1, 0.15) is 18.9 Å². The van der Waals surface area contributed by atoms with Crippen molar-refractivity contribution in [1.29, 1.82) is 0 Å². The van der Waals surface area contributed by atoms with Crippen LogP contribution in [-0.4, -0.2) is 39.4 Å². The molecule has 10 heteroatoms. The fourth-order valence-corrected chi connectivity index (χ4v) is 2.29. The molecule has 0 saturated heterocycles. The maximum Gasteiger partial charge on any atom is 0.390 e. The van der Waals surface area contributed by atoms with E-state index < -0.39 is 12.6 Å². The van der Waals surface area contributed by atoms with Crippen LogP contribution in [0, 0.1) is 0 Å². The van der Waals surface area contributed by atoms with E-state index in [1.165, 1.54) is 14.2 Å². The van der Waals surface area contributed by atoms with Crippen LogP contribution in [0.5, 0.6) is 11.5 Å². The first-order valence-electron chi connectivity index (χ1n) is 7.30. The van der Waals surface area contributed by atoms with Gasteiger partial charge < -0.3 is 20.1 Å². The second kappa shape index (κ2) is 11.7. The van der Waals surface area contributed by atoms with E-state index in [2.05, 4.69) is 31.6 Å². The Bertz CT molecular complexity index is 572. The van der Waals surface area contributed by atoms with Crippen molar-refractivity contribution in [2.75, 3.05) is 27.3 Å². The normalized spacial score (nSPS) is 11.6. The summed E-state index contributed by atoms with van der Waals surface area (Å²) < 4.78 is 47.9. The molecule has 0 saturated carbocycles. The molecule has 0 atom stereocenters. The van der Waals surface area contributed by atoms with Crippen molar-refractivity contribution in [2.24, 2.45) is 4.99 Å². The van der Waals surface area contributed by atoms with Crippen LogP contribution in [0.25, 0.3) is 0 Å². The van der Waals surface area contributed by atoms with Crippen LogP contribution < -0.4 is 20.1 Å². The predicted molar refractivity (Wildman–Crippen MR) is 106 cm³/mol. The van der Waals surface area contributed by atoms with E-state index in [1.54, 1.807) is 12.1 Å². The number of hydrogen-bond acceptors (Lipinski definition) is 3. The largest absolute Gasteiger partial charge is 0.493 e. The SMILES string of the molecule is CCNC(=NCc1cc(OC)c(OC)cc1Br)NCCC(F)(F)F.I. The van der Waals surface area contributed by atoms with E-state index in [4.69, 9.17) is 9.47 Å². The summed E-state index contributed by atoms with van der Waals surface area (Å²) in [6.45, 7) is 2.42. The van der Waals surface area contributed by atoms with Crippen molar-refractivity contribution in [3.8, 4) is 11.5 Å². The third kappa shape index (κ3) is 8.84. The standard InChI is InChI=1S/C15H21BrF3N3O2.HI/c1-4-20-14(21-6-5-15(17,18)19)22-9-10-7-12(23-2)13(24-3)8-11(10)16;/h7-8H,4-6,9H2,1-3H3,(H2,20,21,22);1H. The summed E-state index contributed by atoms with van der Waals surface area (Å²) in [7, 11) is 3.07. The quantitative estimate of drug-likeness (QED) is 0.311. The van der Waals surface area contributed by atoms with Gasteiger partial charge in [0.25, 0.3) is 0 Å². The molecular weight excluding hydrogens is 518 g/mol. The summed E-state index contributed by atoms with van der Waals surface area (Å²) in [5, 5.41) is 5.58. The summed E-state index contributed by atoms with van der Waals surface area (Å²) in [5.41, 5.74) is 0.820. The van der Waals surface area contributed by atoms with E-state index in [-0.39, 0.29) is 37.1 Å². The Balaban J connectivity index is 0.00000576. The molecule has 0 aliphatic heterocycles. The van der Waals surface area contributed by atoms with Crippen molar-refractivity contribution in [1.82, 2.24) is 10.6 Å². The van der Waals surface area contributed by atoms with E-state index in [0.717, 1.165) is 10.0 Å². The van der Waals surface area contributed by atoms with Gasteiger partial charge in [0.2, 0.25) is 0 Å². The molecule has 1 aromatic rings. The molecule has 0 aliphatic rings. The third-order valence-electron chi connectivity index (χ3n) is 3.01. The summed E-state index contributed by atoms with van der Waals surface area (Å²) in [5.74, 6) is 1.46. The number of aliphatic imine (C=N–C) groups is 1. The molecule has 0 aromatic heterocycles. The van der Waals surface area contributed by atoms with E-state index >= 15 is 0 Å². The van der Waals surface area contributed by atoms with Crippen molar-refractivity contribution < 1.29 is 22.6 Å². The fourth-order valence-electron chi connectivity index (χ4n) is 1.85. The predicted octanol–water partition coefficient (Wildman–Crippen LogP) is 4.09. The lowest BCUT2D eigenvalue weighted by Gasteiger charge is -2.14. The molecule has 1 rings (SSSR count). The minimum atomic E-state index is -4.20. The number of alkyl halides is 3. The van der Waals surface area contributed by atoms with Crippen LogP contribution >= 0.6 is 39.9 Å². The third-order valence-corrected chi connectivity index (χ3v) is 3.74. The topological polar surface area (TPSA) is 54.9 Å². The van der Waals surface area contributed by atoms with Crippen LogP contribution in [0.3, 0.4) is 0 Å². The summed E-state index contributed by atoms with van der Waals surface area (Å²) in [6.07, 6.45) is -5.12. The fraction of sp³-hybridized carbons (Fsp3) is 0.533. The van der Waals surface area contributed by atoms with Crippen molar-refractivity contribution >= 4 is 45.9 Å². The van der Waals surface area contributed by atoms with Gasteiger partial charge in [0.15, 0.2) is 17.5 Å².